The lowest BCUT2D eigenvalue weighted by Crippen LogP contribution is -2.37. The summed E-state index contributed by atoms with van der Waals surface area (Å²) in [6.07, 6.45) is 6.82. The van der Waals surface area contributed by atoms with Crippen molar-refractivity contribution in [2.75, 3.05) is 0 Å². The van der Waals surface area contributed by atoms with E-state index in [1.807, 2.05) is 7.05 Å². The zero-order chi connectivity index (χ0) is 14.3. The van der Waals surface area contributed by atoms with E-state index >= 15 is 0 Å². The largest absolute Gasteiger partial charge is 0.384 e. The second-order valence-corrected chi connectivity index (χ2v) is 7.47. The van der Waals surface area contributed by atoms with Gasteiger partial charge in [0.1, 0.15) is 5.60 Å². The van der Waals surface area contributed by atoms with Crippen LogP contribution in [0.1, 0.15) is 58.6 Å². The average molecular weight is 329 g/mol. The van der Waals surface area contributed by atoms with Crippen LogP contribution in [0.5, 0.6) is 0 Å². The van der Waals surface area contributed by atoms with Crippen molar-refractivity contribution in [3.05, 3.63) is 16.4 Å². The molecule has 1 aliphatic carbocycles. The highest BCUT2D eigenvalue weighted by Gasteiger charge is 2.41. The molecule has 0 bridgehead atoms. The van der Waals surface area contributed by atoms with Gasteiger partial charge in [-0.3, -0.25) is 4.68 Å². The Morgan fingerprint density at radius 2 is 2.05 bits per heavy atom. The first-order valence-corrected chi connectivity index (χ1v) is 8.00. The third kappa shape index (κ3) is 2.75. The fourth-order valence-corrected chi connectivity index (χ4v) is 4.05. The Labute approximate surface area is 124 Å². The van der Waals surface area contributed by atoms with Crippen LogP contribution in [0.4, 0.5) is 0 Å². The van der Waals surface area contributed by atoms with Crippen LogP contribution in [0, 0.1) is 11.3 Å². The average Bonchev–Trinajstić information content (AvgIpc) is 2.70. The molecule has 1 saturated carbocycles. The van der Waals surface area contributed by atoms with Crippen molar-refractivity contribution < 1.29 is 5.11 Å². The predicted octanol–water partition coefficient (Wildman–Crippen LogP) is 4.00. The van der Waals surface area contributed by atoms with Gasteiger partial charge in [-0.25, -0.2) is 0 Å². The van der Waals surface area contributed by atoms with Crippen molar-refractivity contribution in [3.8, 4) is 0 Å². The number of hydrogen-bond acceptors (Lipinski definition) is 2. The minimum Gasteiger partial charge on any atom is -0.384 e. The normalized spacial score (nSPS) is 28.6. The molecule has 0 radical (unpaired) electrons. The quantitative estimate of drug-likeness (QED) is 0.910. The monoisotopic (exact) mass is 328 g/mol. The van der Waals surface area contributed by atoms with Gasteiger partial charge < -0.3 is 5.11 Å². The SMILES string of the molecule is CCC(C)(C)C1CCC(O)(c2c(Br)cnn2C)CC1. The summed E-state index contributed by atoms with van der Waals surface area (Å²) < 4.78 is 2.72. The molecule has 3 nitrogen and oxygen atoms in total. The molecule has 1 aromatic rings. The summed E-state index contributed by atoms with van der Waals surface area (Å²) in [4.78, 5) is 0. The fourth-order valence-electron chi connectivity index (χ4n) is 3.34. The van der Waals surface area contributed by atoms with E-state index in [2.05, 4.69) is 41.8 Å². The number of nitrogens with zero attached hydrogens (tertiary/aromatic N) is 2. The van der Waals surface area contributed by atoms with Gasteiger partial charge in [-0.1, -0.05) is 27.2 Å². The molecule has 0 aliphatic heterocycles. The highest BCUT2D eigenvalue weighted by Crippen LogP contribution is 2.47. The number of halogens is 1. The van der Waals surface area contributed by atoms with Gasteiger partial charge in [-0.15, -0.1) is 0 Å². The highest BCUT2D eigenvalue weighted by atomic mass is 79.9. The summed E-state index contributed by atoms with van der Waals surface area (Å²) in [5, 5.41) is 15.2. The van der Waals surface area contributed by atoms with Gasteiger partial charge in [0.05, 0.1) is 16.4 Å². The molecular formula is C15H25BrN2O. The minimum atomic E-state index is -0.718. The van der Waals surface area contributed by atoms with Gasteiger partial charge in [-0.05, 0) is 52.9 Å². The molecule has 1 aromatic heterocycles. The fraction of sp³-hybridized carbons (Fsp3) is 0.800. The maximum atomic E-state index is 11.0. The molecule has 19 heavy (non-hydrogen) atoms. The first-order valence-electron chi connectivity index (χ1n) is 7.20. The molecule has 0 spiro atoms. The van der Waals surface area contributed by atoms with Crippen molar-refractivity contribution in [1.82, 2.24) is 9.78 Å². The van der Waals surface area contributed by atoms with Crippen LogP contribution < -0.4 is 0 Å². The molecular weight excluding hydrogens is 304 g/mol. The molecule has 0 atom stereocenters. The molecule has 1 fully saturated rings. The number of rotatable bonds is 3. The second kappa shape index (κ2) is 5.21. The van der Waals surface area contributed by atoms with Crippen LogP contribution in [0.25, 0.3) is 0 Å². The first kappa shape index (κ1) is 15.0. The summed E-state index contributed by atoms with van der Waals surface area (Å²) in [7, 11) is 1.90. The Morgan fingerprint density at radius 3 is 2.47 bits per heavy atom. The molecule has 0 unspecified atom stereocenters. The van der Waals surface area contributed by atoms with Gasteiger partial charge >= 0.3 is 0 Å². The van der Waals surface area contributed by atoms with E-state index in [9.17, 15) is 5.11 Å². The van der Waals surface area contributed by atoms with Gasteiger partial charge in [-0.2, -0.15) is 5.10 Å². The third-order valence-electron chi connectivity index (χ3n) is 5.16. The van der Waals surface area contributed by atoms with Crippen LogP contribution in [-0.4, -0.2) is 14.9 Å². The van der Waals surface area contributed by atoms with Crippen molar-refractivity contribution in [2.24, 2.45) is 18.4 Å². The van der Waals surface area contributed by atoms with E-state index in [4.69, 9.17) is 0 Å². The summed E-state index contributed by atoms with van der Waals surface area (Å²) in [5.74, 6) is 0.713. The molecule has 1 heterocycles. The number of aliphatic hydroxyl groups is 1. The lowest BCUT2D eigenvalue weighted by Gasteiger charge is -2.42. The molecule has 2 rings (SSSR count). The molecule has 0 aromatic carbocycles. The predicted molar refractivity (Wildman–Crippen MR) is 80.8 cm³/mol. The Morgan fingerprint density at radius 1 is 1.47 bits per heavy atom. The maximum Gasteiger partial charge on any atom is 0.107 e. The standard InChI is InChI=1S/C15H25BrN2O/c1-5-14(2,3)11-6-8-15(19,9-7-11)13-12(16)10-17-18(13)4/h10-11,19H,5-9H2,1-4H3. The Balaban J connectivity index is 2.15. The number of aryl methyl sites for hydroxylation is 1. The van der Waals surface area contributed by atoms with E-state index in [0.29, 0.717) is 11.3 Å². The minimum absolute atomic E-state index is 0.380. The summed E-state index contributed by atoms with van der Waals surface area (Å²) >= 11 is 3.51. The van der Waals surface area contributed by atoms with E-state index in [1.165, 1.54) is 6.42 Å². The van der Waals surface area contributed by atoms with E-state index < -0.39 is 5.60 Å². The topological polar surface area (TPSA) is 38.1 Å². The lowest BCUT2D eigenvalue weighted by atomic mass is 9.66. The third-order valence-corrected chi connectivity index (χ3v) is 5.74. The van der Waals surface area contributed by atoms with Crippen LogP contribution in [0.2, 0.25) is 0 Å². The maximum absolute atomic E-state index is 11.0. The molecule has 0 saturated heterocycles. The molecule has 1 N–H and O–H groups in total. The zero-order valence-electron chi connectivity index (χ0n) is 12.4. The Bertz CT molecular complexity index is 425. The van der Waals surface area contributed by atoms with Gasteiger partial charge in [0.15, 0.2) is 0 Å². The van der Waals surface area contributed by atoms with Gasteiger partial charge in [0.2, 0.25) is 0 Å². The van der Waals surface area contributed by atoms with Crippen LogP contribution in [-0.2, 0) is 12.6 Å². The highest BCUT2D eigenvalue weighted by molar-refractivity contribution is 9.10. The van der Waals surface area contributed by atoms with Crippen LogP contribution in [0.15, 0.2) is 10.7 Å². The lowest BCUT2D eigenvalue weighted by molar-refractivity contribution is -0.0391. The number of hydrogen-bond donors (Lipinski definition) is 1. The second-order valence-electron chi connectivity index (χ2n) is 6.61. The molecule has 4 heteroatoms. The van der Waals surface area contributed by atoms with Crippen molar-refractivity contribution in [1.29, 1.82) is 0 Å². The zero-order valence-corrected chi connectivity index (χ0v) is 14.0. The molecule has 1 aliphatic rings. The van der Waals surface area contributed by atoms with Crippen molar-refractivity contribution in [2.45, 2.75) is 58.5 Å². The van der Waals surface area contributed by atoms with E-state index in [1.54, 1.807) is 10.9 Å². The van der Waals surface area contributed by atoms with Crippen molar-refractivity contribution in [3.63, 3.8) is 0 Å². The van der Waals surface area contributed by atoms with Gasteiger partial charge in [0, 0.05) is 7.05 Å². The van der Waals surface area contributed by atoms with E-state index in [0.717, 1.165) is 35.8 Å². The Hall–Kier alpha value is -0.350. The number of aromatic nitrogens is 2. The summed E-state index contributed by atoms with van der Waals surface area (Å²) in [5.41, 5.74) is 0.593. The van der Waals surface area contributed by atoms with Crippen LogP contribution in [0.3, 0.4) is 0 Å². The first-order chi connectivity index (χ1) is 8.80. The molecule has 0 amide bonds. The smallest absolute Gasteiger partial charge is 0.107 e. The van der Waals surface area contributed by atoms with E-state index in [-0.39, 0.29) is 0 Å². The molecule has 108 valence electrons. The van der Waals surface area contributed by atoms with Crippen molar-refractivity contribution >= 4 is 15.9 Å². The Kier molecular flexibility index (Phi) is 4.12. The van der Waals surface area contributed by atoms with Crippen LogP contribution >= 0.6 is 15.9 Å². The summed E-state index contributed by atoms with van der Waals surface area (Å²) in [6.45, 7) is 6.96. The summed E-state index contributed by atoms with van der Waals surface area (Å²) in [6, 6.07) is 0. The van der Waals surface area contributed by atoms with Gasteiger partial charge in [0.25, 0.3) is 0 Å².